The molecule has 2 fully saturated rings. The van der Waals surface area contributed by atoms with Gasteiger partial charge in [0.05, 0.1) is 6.10 Å². The van der Waals surface area contributed by atoms with Crippen molar-refractivity contribution < 1.29 is 5.11 Å². The van der Waals surface area contributed by atoms with Crippen LogP contribution < -0.4 is 5.32 Å². The van der Waals surface area contributed by atoms with Gasteiger partial charge in [-0.1, -0.05) is 6.92 Å². The van der Waals surface area contributed by atoms with E-state index in [0.717, 1.165) is 44.4 Å². The fourth-order valence-corrected chi connectivity index (χ4v) is 3.20. The molecule has 0 spiro atoms. The second-order valence-electron chi connectivity index (χ2n) is 5.65. The number of fused-ring (bicyclic) bond motifs is 1. The first-order valence-electron chi connectivity index (χ1n) is 6.19. The Labute approximate surface area is 92.8 Å². The molecule has 2 aliphatic rings. The van der Waals surface area contributed by atoms with Crippen LogP contribution in [0.1, 0.15) is 27.2 Å². The smallest absolute Gasteiger partial charge is 0.0664 e. The van der Waals surface area contributed by atoms with E-state index in [9.17, 15) is 5.11 Å². The molecular weight excluding hydrogens is 188 g/mol. The molecule has 0 aromatic rings. The van der Waals surface area contributed by atoms with E-state index < -0.39 is 0 Å². The first kappa shape index (κ1) is 11.4. The Bertz CT molecular complexity index is 228. The monoisotopic (exact) mass is 212 g/mol. The maximum atomic E-state index is 9.76. The Morgan fingerprint density at radius 1 is 1.47 bits per heavy atom. The molecule has 2 heterocycles. The number of rotatable bonds is 3. The molecule has 3 nitrogen and oxygen atoms in total. The van der Waals surface area contributed by atoms with E-state index in [1.54, 1.807) is 0 Å². The third kappa shape index (κ3) is 1.93. The minimum Gasteiger partial charge on any atom is -0.392 e. The molecule has 3 unspecified atom stereocenters. The van der Waals surface area contributed by atoms with E-state index in [1.807, 2.05) is 0 Å². The maximum absolute atomic E-state index is 9.76. The van der Waals surface area contributed by atoms with Gasteiger partial charge in [-0.25, -0.2) is 0 Å². The van der Waals surface area contributed by atoms with E-state index in [0.29, 0.717) is 0 Å². The van der Waals surface area contributed by atoms with Gasteiger partial charge in [-0.05, 0) is 38.6 Å². The zero-order chi connectivity index (χ0) is 11.1. The Hall–Kier alpha value is -0.120. The normalized spacial score (nSPS) is 36.8. The molecular formula is C12H24N2O. The highest BCUT2D eigenvalue weighted by molar-refractivity contribution is 5.04. The van der Waals surface area contributed by atoms with Crippen molar-refractivity contribution in [3.05, 3.63) is 0 Å². The molecule has 2 rings (SSSR count). The van der Waals surface area contributed by atoms with Gasteiger partial charge in [0.15, 0.2) is 0 Å². The number of β-amino-alcohol motifs (C(OH)–C–C–N with tert-alkyl or cyclic N) is 1. The largest absolute Gasteiger partial charge is 0.392 e. The summed E-state index contributed by atoms with van der Waals surface area (Å²) in [4.78, 5) is 2.48. The van der Waals surface area contributed by atoms with Crippen LogP contribution >= 0.6 is 0 Å². The van der Waals surface area contributed by atoms with Gasteiger partial charge in [0, 0.05) is 25.2 Å². The van der Waals surface area contributed by atoms with Crippen LogP contribution in [0.3, 0.4) is 0 Å². The van der Waals surface area contributed by atoms with Crippen molar-refractivity contribution in [1.82, 2.24) is 10.2 Å². The summed E-state index contributed by atoms with van der Waals surface area (Å²) in [5.41, 5.74) is 0.254. The van der Waals surface area contributed by atoms with Crippen LogP contribution in [0.25, 0.3) is 0 Å². The van der Waals surface area contributed by atoms with Gasteiger partial charge in [0.2, 0.25) is 0 Å². The molecule has 15 heavy (non-hydrogen) atoms. The molecule has 0 radical (unpaired) electrons. The molecule has 0 saturated carbocycles. The van der Waals surface area contributed by atoms with E-state index >= 15 is 0 Å². The van der Waals surface area contributed by atoms with Gasteiger partial charge < -0.3 is 10.4 Å². The zero-order valence-electron chi connectivity index (χ0n) is 10.2. The van der Waals surface area contributed by atoms with E-state index in [1.165, 1.54) is 0 Å². The third-order valence-electron chi connectivity index (χ3n) is 4.42. The highest BCUT2D eigenvalue weighted by Crippen LogP contribution is 2.40. The Kier molecular flexibility index (Phi) is 3.06. The van der Waals surface area contributed by atoms with E-state index in [2.05, 4.69) is 31.0 Å². The molecule has 2 N–H and O–H groups in total. The van der Waals surface area contributed by atoms with Crippen LogP contribution in [0.4, 0.5) is 0 Å². The van der Waals surface area contributed by atoms with Gasteiger partial charge in [0.25, 0.3) is 0 Å². The summed E-state index contributed by atoms with van der Waals surface area (Å²) < 4.78 is 0. The zero-order valence-corrected chi connectivity index (χ0v) is 10.2. The van der Waals surface area contributed by atoms with Crippen molar-refractivity contribution >= 4 is 0 Å². The third-order valence-corrected chi connectivity index (χ3v) is 4.42. The first-order valence-corrected chi connectivity index (χ1v) is 6.19. The molecule has 2 aliphatic heterocycles. The van der Waals surface area contributed by atoms with Crippen LogP contribution in [0.5, 0.6) is 0 Å². The van der Waals surface area contributed by atoms with Crippen LogP contribution in [0.2, 0.25) is 0 Å². The SMILES string of the molecule is CCC(O)CN1CC2CNCC2C1(C)C. The van der Waals surface area contributed by atoms with E-state index in [4.69, 9.17) is 0 Å². The van der Waals surface area contributed by atoms with Crippen molar-refractivity contribution in [2.45, 2.75) is 38.8 Å². The van der Waals surface area contributed by atoms with Crippen molar-refractivity contribution in [2.24, 2.45) is 11.8 Å². The van der Waals surface area contributed by atoms with Gasteiger partial charge in [-0.15, -0.1) is 0 Å². The average molecular weight is 212 g/mol. The number of nitrogens with one attached hydrogen (secondary N) is 1. The van der Waals surface area contributed by atoms with Crippen molar-refractivity contribution in [1.29, 1.82) is 0 Å². The van der Waals surface area contributed by atoms with Crippen LogP contribution in [-0.4, -0.2) is 47.8 Å². The molecule has 3 heteroatoms. The Balaban J connectivity index is 2.02. The number of nitrogens with zero attached hydrogens (tertiary/aromatic N) is 1. The minimum atomic E-state index is -0.156. The number of likely N-dealkylation sites (tertiary alicyclic amines) is 1. The molecule has 2 saturated heterocycles. The molecule has 88 valence electrons. The molecule has 3 atom stereocenters. The first-order chi connectivity index (χ1) is 7.05. The summed E-state index contributed by atoms with van der Waals surface area (Å²) in [6, 6.07) is 0. The molecule has 0 aromatic carbocycles. The van der Waals surface area contributed by atoms with Gasteiger partial charge in [0.1, 0.15) is 0 Å². The lowest BCUT2D eigenvalue weighted by Gasteiger charge is -2.36. The highest BCUT2D eigenvalue weighted by atomic mass is 16.3. The highest BCUT2D eigenvalue weighted by Gasteiger charge is 2.49. The number of hydrogen-bond acceptors (Lipinski definition) is 3. The van der Waals surface area contributed by atoms with Crippen molar-refractivity contribution in [3.63, 3.8) is 0 Å². The summed E-state index contributed by atoms with van der Waals surface area (Å²) >= 11 is 0. The number of aliphatic hydroxyl groups excluding tert-OH is 1. The molecule has 0 amide bonds. The number of hydrogen-bond donors (Lipinski definition) is 2. The predicted molar refractivity (Wildman–Crippen MR) is 61.8 cm³/mol. The van der Waals surface area contributed by atoms with Gasteiger partial charge in [-0.2, -0.15) is 0 Å². The van der Waals surface area contributed by atoms with Crippen molar-refractivity contribution in [3.8, 4) is 0 Å². The standard InChI is InChI=1S/C12H24N2O/c1-4-10(15)8-14-7-9-5-13-6-11(9)12(14,2)3/h9-11,13,15H,4-8H2,1-3H3. The molecule has 0 aliphatic carbocycles. The lowest BCUT2D eigenvalue weighted by molar-refractivity contribution is 0.0624. The topological polar surface area (TPSA) is 35.5 Å². The van der Waals surface area contributed by atoms with E-state index in [-0.39, 0.29) is 11.6 Å². The lowest BCUT2D eigenvalue weighted by atomic mass is 9.85. The second-order valence-corrected chi connectivity index (χ2v) is 5.65. The minimum absolute atomic E-state index is 0.156. The number of aliphatic hydroxyl groups is 1. The maximum Gasteiger partial charge on any atom is 0.0664 e. The van der Waals surface area contributed by atoms with Crippen LogP contribution in [-0.2, 0) is 0 Å². The molecule has 0 bridgehead atoms. The summed E-state index contributed by atoms with van der Waals surface area (Å²) in [5, 5.41) is 13.2. The Morgan fingerprint density at radius 2 is 2.20 bits per heavy atom. The second kappa shape index (κ2) is 4.04. The summed E-state index contributed by atoms with van der Waals surface area (Å²) in [7, 11) is 0. The van der Waals surface area contributed by atoms with Gasteiger partial charge >= 0.3 is 0 Å². The average Bonchev–Trinajstić information content (AvgIpc) is 2.71. The summed E-state index contributed by atoms with van der Waals surface area (Å²) in [6.45, 7) is 11.0. The van der Waals surface area contributed by atoms with Gasteiger partial charge in [-0.3, -0.25) is 4.90 Å². The predicted octanol–water partition coefficient (Wildman–Crippen LogP) is 0.687. The molecule has 0 aromatic heterocycles. The fraction of sp³-hybridized carbons (Fsp3) is 1.00. The summed E-state index contributed by atoms with van der Waals surface area (Å²) in [5.74, 6) is 1.56. The summed E-state index contributed by atoms with van der Waals surface area (Å²) in [6.07, 6.45) is 0.705. The Morgan fingerprint density at radius 3 is 2.80 bits per heavy atom. The quantitative estimate of drug-likeness (QED) is 0.722. The van der Waals surface area contributed by atoms with Crippen molar-refractivity contribution in [2.75, 3.05) is 26.2 Å². The van der Waals surface area contributed by atoms with Crippen LogP contribution in [0, 0.1) is 11.8 Å². The lowest BCUT2D eigenvalue weighted by Crippen LogP contribution is -2.47. The van der Waals surface area contributed by atoms with Crippen LogP contribution in [0.15, 0.2) is 0 Å². The fourth-order valence-electron chi connectivity index (χ4n) is 3.20.